The van der Waals surface area contributed by atoms with Gasteiger partial charge in [0.15, 0.2) is 0 Å². The lowest BCUT2D eigenvalue weighted by Gasteiger charge is -2.30. The van der Waals surface area contributed by atoms with E-state index in [0.29, 0.717) is 12.6 Å². The molecule has 0 radical (unpaired) electrons. The Morgan fingerprint density at radius 2 is 2.00 bits per heavy atom. The summed E-state index contributed by atoms with van der Waals surface area (Å²) in [5.41, 5.74) is 5.63. The molecule has 3 heteroatoms. The van der Waals surface area contributed by atoms with Crippen molar-refractivity contribution in [1.29, 1.82) is 0 Å². The van der Waals surface area contributed by atoms with Gasteiger partial charge < -0.3 is 10.6 Å². The molecule has 0 aliphatic heterocycles. The zero-order valence-corrected chi connectivity index (χ0v) is 10.0. The van der Waals surface area contributed by atoms with Crippen LogP contribution in [0.1, 0.15) is 46.0 Å². The van der Waals surface area contributed by atoms with E-state index in [1.54, 1.807) is 0 Å². The van der Waals surface area contributed by atoms with Crippen LogP contribution >= 0.6 is 0 Å². The molecule has 1 amide bonds. The van der Waals surface area contributed by atoms with Gasteiger partial charge in [0, 0.05) is 19.1 Å². The van der Waals surface area contributed by atoms with E-state index in [-0.39, 0.29) is 11.8 Å². The van der Waals surface area contributed by atoms with Crippen molar-refractivity contribution in [1.82, 2.24) is 4.90 Å². The van der Waals surface area contributed by atoms with Gasteiger partial charge in [-0.1, -0.05) is 19.8 Å². The summed E-state index contributed by atoms with van der Waals surface area (Å²) in [5, 5.41) is 0. The summed E-state index contributed by atoms with van der Waals surface area (Å²) in [4.78, 5) is 14.2. The second-order valence-corrected chi connectivity index (χ2v) is 4.40. The molecule has 1 atom stereocenters. The molecule has 0 aromatic carbocycles. The van der Waals surface area contributed by atoms with E-state index in [4.69, 9.17) is 5.73 Å². The second kappa shape index (κ2) is 6.11. The fraction of sp³-hybridized carbons (Fsp3) is 0.917. The van der Waals surface area contributed by atoms with Crippen LogP contribution in [-0.4, -0.2) is 29.9 Å². The highest BCUT2D eigenvalue weighted by atomic mass is 16.2. The third-order valence-corrected chi connectivity index (χ3v) is 3.52. The Morgan fingerprint density at radius 3 is 2.40 bits per heavy atom. The first-order chi connectivity index (χ1) is 7.24. The summed E-state index contributed by atoms with van der Waals surface area (Å²) in [6.45, 7) is 5.43. The monoisotopic (exact) mass is 212 g/mol. The maximum absolute atomic E-state index is 12.2. The van der Waals surface area contributed by atoms with E-state index < -0.39 is 0 Å². The van der Waals surface area contributed by atoms with E-state index >= 15 is 0 Å². The van der Waals surface area contributed by atoms with E-state index in [9.17, 15) is 4.79 Å². The van der Waals surface area contributed by atoms with Gasteiger partial charge in [-0.05, 0) is 26.2 Å². The zero-order chi connectivity index (χ0) is 11.3. The summed E-state index contributed by atoms with van der Waals surface area (Å²) in [7, 11) is 0. The Balaban J connectivity index is 2.59. The molecule has 15 heavy (non-hydrogen) atoms. The summed E-state index contributed by atoms with van der Waals surface area (Å²) >= 11 is 0. The molecule has 0 heterocycles. The summed E-state index contributed by atoms with van der Waals surface area (Å²) in [6.07, 6.45) is 5.77. The predicted octanol–water partition coefficient (Wildman–Crippen LogP) is 1.76. The topological polar surface area (TPSA) is 46.3 Å². The highest BCUT2D eigenvalue weighted by molar-refractivity contribution is 5.79. The van der Waals surface area contributed by atoms with Crippen LogP contribution < -0.4 is 5.73 Å². The minimum Gasteiger partial charge on any atom is -0.340 e. The quantitative estimate of drug-likeness (QED) is 0.755. The number of nitrogens with zero attached hydrogens (tertiary/aromatic N) is 1. The lowest BCUT2D eigenvalue weighted by molar-refractivity contribution is -0.137. The molecule has 1 aliphatic rings. The number of amides is 1. The molecule has 3 nitrogen and oxygen atoms in total. The van der Waals surface area contributed by atoms with Gasteiger partial charge >= 0.3 is 0 Å². The first-order valence-corrected chi connectivity index (χ1v) is 6.25. The highest BCUT2D eigenvalue weighted by Crippen LogP contribution is 2.24. The van der Waals surface area contributed by atoms with Crippen LogP contribution in [0, 0.1) is 5.92 Å². The maximum atomic E-state index is 12.2. The molecule has 88 valence electrons. The molecule has 0 aromatic heterocycles. The van der Waals surface area contributed by atoms with Gasteiger partial charge in [0.25, 0.3) is 0 Å². The highest BCUT2D eigenvalue weighted by Gasteiger charge is 2.28. The molecular weight excluding hydrogens is 188 g/mol. The molecule has 1 unspecified atom stereocenters. The van der Waals surface area contributed by atoms with Crippen LogP contribution in [0.3, 0.4) is 0 Å². The predicted molar refractivity (Wildman–Crippen MR) is 62.5 cm³/mol. The zero-order valence-electron chi connectivity index (χ0n) is 10.0. The smallest absolute Gasteiger partial charge is 0.227 e. The van der Waals surface area contributed by atoms with E-state index in [0.717, 1.165) is 13.0 Å². The van der Waals surface area contributed by atoms with Crippen LogP contribution in [0.15, 0.2) is 0 Å². The van der Waals surface area contributed by atoms with Crippen molar-refractivity contribution in [3.8, 4) is 0 Å². The first kappa shape index (κ1) is 12.5. The molecule has 1 aliphatic carbocycles. The average molecular weight is 212 g/mol. The van der Waals surface area contributed by atoms with Crippen molar-refractivity contribution < 1.29 is 4.79 Å². The Morgan fingerprint density at radius 1 is 1.40 bits per heavy atom. The summed E-state index contributed by atoms with van der Waals surface area (Å²) in [6, 6.07) is 0.489. The number of hydrogen-bond donors (Lipinski definition) is 1. The van der Waals surface area contributed by atoms with Gasteiger partial charge in [0.1, 0.15) is 0 Å². The summed E-state index contributed by atoms with van der Waals surface area (Å²) in [5.74, 6) is 0.306. The van der Waals surface area contributed by atoms with Crippen LogP contribution in [0.2, 0.25) is 0 Å². The van der Waals surface area contributed by atoms with Gasteiger partial charge in [-0.2, -0.15) is 0 Å². The molecule has 0 bridgehead atoms. The van der Waals surface area contributed by atoms with Gasteiger partial charge in [-0.15, -0.1) is 0 Å². The van der Waals surface area contributed by atoms with Crippen LogP contribution in [-0.2, 0) is 4.79 Å². The standard InChI is InChI=1S/C12H24N2O/c1-3-10(9-13)12(15)14(4-2)11-7-5-6-8-11/h10-11H,3-9,13H2,1-2H3. The minimum absolute atomic E-state index is 0.0329. The van der Waals surface area contributed by atoms with Gasteiger partial charge in [-0.25, -0.2) is 0 Å². The molecule has 0 spiro atoms. The maximum Gasteiger partial charge on any atom is 0.227 e. The Hall–Kier alpha value is -0.570. The largest absolute Gasteiger partial charge is 0.340 e. The average Bonchev–Trinajstić information content (AvgIpc) is 2.74. The minimum atomic E-state index is 0.0329. The first-order valence-electron chi connectivity index (χ1n) is 6.25. The van der Waals surface area contributed by atoms with Crippen molar-refractivity contribution in [3.63, 3.8) is 0 Å². The number of carbonyl (C=O) groups is 1. The van der Waals surface area contributed by atoms with Crippen molar-refractivity contribution in [3.05, 3.63) is 0 Å². The molecule has 2 N–H and O–H groups in total. The Labute approximate surface area is 93.0 Å². The van der Waals surface area contributed by atoms with Crippen molar-refractivity contribution in [2.75, 3.05) is 13.1 Å². The molecule has 0 saturated heterocycles. The number of nitrogens with two attached hydrogens (primary N) is 1. The van der Waals surface area contributed by atoms with Gasteiger partial charge in [-0.3, -0.25) is 4.79 Å². The van der Waals surface area contributed by atoms with Crippen molar-refractivity contribution in [2.24, 2.45) is 11.7 Å². The van der Waals surface area contributed by atoms with Gasteiger partial charge in [0.05, 0.1) is 5.92 Å². The van der Waals surface area contributed by atoms with Gasteiger partial charge in [0.2, 0.25) is 5.91 Å². The number of carbonyl (C=O) groups excluding carboxylic acids is 1. The van der Waals surface area contributed by atoms with E-state index in [1.807, 2.05) is 11.8 Å². The SMILES string of the molecule is CCC(CN)C(=O)N(CC)C1CCCC1. The van der Waals surface area contributed by atoms with Crippen LogP contribution in [0.25, 0.3) is 0 Å². The molecule has 1 rings (SSSR count). The molecular formula is C12H24N2O. The Bertz CT molecular complexity index is 196. The number of hydrogen-bond acceptors (Lipinski definition) is 2. The molecule has 0 aromatic rings. The summed E-state index contributed by atoms with van der Waals surface area (Å²) < 4.78 is 0. The van der Waals surface area contributed by atoms with Crippen molar-refractivity contribution >= 4 is 5.91 Å². The number of rotatable bonds is 5. The molecule has 1 saturated carbocycles. The molecule has 1 fully saturated rings. The fourth-order valence-electron chi connectivity index (χ4n) is 2.49. The van der Waals surface area contributed by atoms with Crippen LogP contribution in [0.4, 0.5) is 0 Å². The third kappa shape index (κ3) is 2.94. The van der Waals surface area contributed by atoms with Crippen molar-refractivity contribution in [2.45, 2.75) is 52.0 Å². The lowest BCUT2D eigenvalue weighted by Crippen LogP contribution is -2.44. The van der Waals surface area contributed by atoms with E-state index in [2.05, 4.69) is 6.92 Å². The normalized spacial score (nSPS) is 19.1. The third-order valence-electron chi connectivity index (χ3n) is 3.52. The Kier molecular flexibility index (Phi) is 5.09. The lowest BCUT2D eigenvalue weighted by atomic mass is 10.0. The second-order valence-electron chi connectivity index (χ2n) is 4.40. The fourth-order valence-corrected chi connectivity index (χ4v) is 2.49. The van der Waals surface area contributed by atoms with E-state index in [1.165, 1.54) is 25.7 Å². The van der Waals surface area contributed by atoms with Crippen LogP contribution in [0.5, 0.6) is 0 Å².